The van der Waals surface area contributed by atoms with E-state index in [9.17, 15) is 0 Å². The van der Waals surface area contributed by atoms with Crippen LogP contribution in [0.25, 0.3) is 11.2 Å². The molecule has 29 heavy (non-hydrogen) atoms. The van der Waals surface area contributed by atoms with Crippen LogP contribution in [0.3, 0.4) is 0 Å². The van der Waals surface area contributed by atoms with Crippen LogP contribution in [0.1, 0.15) is 29.9 Å². The first-order valence-corrected chi connectivity index (χ1v) is 10.3. The molecule has 0 aliphatic carbocycles. The smallest absolute Gasteiger partial charge is 0.179 e. The maximum Gasteiger partial charge on any atom is 0.179 e. The van der Waals surface area contributed by atoms with Crippen molar-refractivity contribution in [2.45, 2.75) is 32.9 Å². The summed E-state index contributed by atoms with van der Waals surface area (Å²) in [4.78, 5) is 19.6. The Bertz CT molecular complexity index is 891. The highest BCUT2D eigenvalue weighted by molar-refractivity contribution is 5.85. The molecule has 0 aliphatic rings. The van der Waals surface area contributed by atoms with Crippen LogP contribution in [-0.2, 0) is 13.1 Å². The minimum absolute atomic E-state index is 0.715. The van der Waals surface area contributed by atoms with Crippen LogP contribution in [0.5, 0.6) is 0 Å². The Kier molecular flexibility index (Phi) is 7.92. The van der Waals surface area contributed by atoms with Gasteiger partial charge in [0.1, 0.15) is 11.3 Å². The van der Waals surface area contributed by atoms with Crippen molar-refractivity contribution in [1.29, 1.82) is 0 Å². The number of nitrogens with two attached hydrogens (primary N) is 1. The summed E-state index contributed by atoms with van der Waals surface area (Å²) in [6.45, 7) is 7.01. The van der Waals surface area contributed by atoms with E-state index in [1.54, 1.807) is 6.20 Å². The Hall–Kier alpha value is -2.55. The molecule has 3 aromatic heterocycles. The molecule has 0 atom stereocenters. The van der Waals surface area contributed by atoms with Gasteiger partial charge in [0, 0.05) is 32.0 Å². The second-order valence-electron chi connectivity index (χ2n) is 7.24. The van der Waals surface area contributed by atoms with Crippen LogP contribution in [0, 0.1) is 6.92 Å². The van der Waals surface area contributed by atoms with Gasteiger partial charge in [0.25, 0.3) is 0 Å². The second-order valence-corrected chi connectivity index (χ2v) is 7.24. The monoisotopic (exact) mass is 396 g/mol. The van der Waals surface area contributed by atoms with Gasteiger partial charge >= 0.3 is 0 Å². The quantitative estimate of drug-likeness (QED) is 0.347. The molecule has 0 bridgehead atoms. The van der Waals surface area contributed by atoms with Crippen molar-refractivity contribution in [2.24, 2.45) is 5.73 Å². The molecular weight excluding hydrogens is 364 g/mol. The number of aromatic nitrogens is 4. The zero-order chi connectivity index (χ0) is 20.5. The van der Waals surface area contributed by atoms with E-state index in [1.165, 1.54) is 5.56 Å². The third kappa shape index (κ3) is 5.96. The van der Waals surface area contributed by atoms with Gasteiger partial charge in [0.05, 0.1) is 17.9 Å². The predicted octanol–water partition coefficient (Wildman–Crippen LogP) is 2.03. The molecule has 0 fully saturated rings. The molecule has 0 unspecified atom stereocenters. The summed E-state index contributed by atoms with van der Waals surface area (Å²) in [5.41, 5.74) is 10.7. The summed E-state index contributed by atoms with van der Waals surface area (Å²) in [6, 6.07) is 6.07. The van der Waals surface area contributed by atoms with Gasteiger partial charge in [0.15, 0.2) is 5.65 Å². The van der Waals surface area contributed by atoms with E-state index in [4.69, 9.17) is 10.7 Å². The van der Waals surface area contributed by atoms with Crippen molar-refractivity contribution in [1.82, 2.24) is 30.2 Å². The van der Waals surface area contributed by atoms with E-state index in [-0.39, 0.29) is 0 Å². The van der Waals surface area contributed by atoms with Crippen LogP contribution in [0.2, 0.25) is 0 Å². The Morgan fingerprint density at radius 2 is 2.00 bits per heavy atom. The number of pyridine rings is 2. The molecule has 3 heterocycles. The number of unbranched alkanes of at least 4 members (excludes halogenated alkanes) is 1. The lowest BCUT2D eigenvalue weighted by molar-refractivity contribution is 0.243. The van der Waals surface area contributed by atoms with Crippen LogP contribution in [0.4, 0.5) is 5.69 Å². The molecule has 0 spiro atoms. The van der Waals surface area contributed by atoms with Gasteiger partial charge in [-0.2, -0.15) is 0 Å². The molecule has 8 nitrogen and oxygen atoms in total. The number of hydrogen-bond donors (Lipinski definition) is 4. The van der Waals surface area contributed by atoms with Crippen molar-refractivity contribution in [3.8, 4) is 0 Å². The molecule has 0 aliphatic heterocycles. The van der Waals surface area contributed by atoms with E-state index >= 15 is 0 Å². The number of imidazole rings is 1. The highest BCUT2D eigenvalue weighted by atomic mass is 15.2. The number of aromatic amines is 1. The summed E-state index contributed by atoms with van der Waals surface area (Å²) in [5, 5.41) is 6.58. The summed E-state index contributed by atoms with van der Waals surface area (Å²) in [6.07, 6.45) is 5.72. The number of H-pyrrole nitrogens is 1. The van der Waals surface area contributed by atoms with Crippen molar-refractivity contribution in [3.05, 3.63) is 47.7 Å². The summed E-state index contributed by atoms with van der Waals surface area (Å²) < 4.78 is 0. The number of anilines is 1. The lowest BCUT2D eigenvalue weighted by Gasteiger charge is -2.21. The van der Waals surface area contributed by atoms with Crippen molar-refractivity contribution in [3.63, 3.8) is 0 Å². The largest absolute Gasteiger partial charge is 0.382 e. The Morgan fingerprint density at radius 3 is 2.79 bits per heavy atom. The summed E-state index contributed by atoms with van der Waals surface area (Å²) >= 11 is 0. The number of rotatable bonds is 12. The fraction of sp³-hybridized carbons (Fsp3) is 0.476. The zero-order valence-corrected chi connectivity index (χ0v) is 17.4. The molecule has 0 radical (unpaired) electrons. The number of nitrogens with zero attached hydrogens (tertiary/aromatic N) is 4. The van der Waals surface area contributed by atoms with Gasteiger partial charge in [-0.3, -0.25) is 9.88 Å². The molecule has 0 aromatic carbocycles. The number of aryl methyl sites for hydroxylation is 1. The minimum Gasteiger partial charge on any atom is -0.382 e. The van der Waals surface area contributed by atoms with Crippen molar-refractivity contribution < 1.29 is 0 Å². The summed E-state index contributed by atoms with van der Waals surface area (Å²) in [5.74, 6) is 0.914. The number of likely N-dealkylation sites (N-methyl/N-ethyl adjacent to an activating group) is 1. The lowest BCUT2D eigenvalue weighted by Crippen LogP contribution is -2.26. The molecule has 8 heteroatoms. The van der Waals surface area contributed by atoms with Gasteiger partial charge < -0.3 is 21.4 Å². The zero-order valence-electron chi connectivity index (χ0n) is 17.4. The Labute approximate surface area is 172 Å². The van der Waals surface area contributed by atoms with Crippen LogP contribution < -0.4 is 16.4 Å². The summed E-state index contributed by atoms with van der Waals surface area (Å²) in [7, 11) is 1.95. The van der Waals surface area contributed by atoms with Gasteiger partial charge in [-0.1, -0.05) is 6.07 Å². The van der Waals surface area contributed by atoms with Gasteiger partial charge in [-0.15, -0.1) is 0 Å². The Balaban J connectivity index is 1.76. The van der Waals surface area contributed by atoms with E-state index in [1.807, 2.05) is 25.4 Å². The van der Waals surface area contributed by atoms with Gasteiger partial charge in [-0.25, -0.2) is 9.97 Å². The highest BCUT2D eigenvalue weighted by Gasteiger charge is 2.14. The minimum atomic E-state index is 0.715. The normalized spacial score (nSPS) is 11.4. The van der Waals surface area contributed by atoms with E-state index in [0.717, 1.165) is 67.4 Å². The molecule has 0 saturated heterocycles. The third-order valence-electron chi connectivity index (χ3n) is 4.92. The van der Waals surface area contributed by atoms with Crippen LogP contribution >= 0.6 is 0 Å². The van der Waals surface area contributed by atoms with E-state index in [0.29, 0.717) is 13.1 Å². The lowest BCUT2D eigenvalue weighted by atomic mass is 10.2. The average Bonchev–Trinajstić information content (AvgIpc) is 3.13. The van der Waals surface area contributed by atoms with Gasteiger partial charge in [0.2, 0.25) is 0 Å². The Morgan fingerprint density at radius 1 is 1.10 bits per heavy atom. The van der Waals surface area contributed by atoms with Gasteiger partial charge in [-0.05, 0) is 57.6 Å². The number of fused-ring (bicyclic) bond motifs is 1. The SMILES string of the molecule is CNCCNc1ccnc2nc(CN(CCCCN)Cc3ncccc3C)[nH]c12. The number of hydrogen-bond acceptors (Lipinski definition) is 7. The predicted molar refractivity (Wildman–Crippen MR) is 118 cm³/mol. The highest BCUT2D eigenvalue weighted by Crippen LogP contribution is 2.20. The molecule has 5 N–H and O–H groups in total. The maximum absolute atomic E-state index is 5.69. The topological polar surface area (TPSA) is 108 Å². The first-order valence-electron chi connectivity index (χ1n) is 10.3. The molecule has 3 aromatic rings. The van der Waals surface area contributed by atoms with Crippen LogP contribution in [0.15, 0.2) is 30.6 Å². The van der Waals surface area contributed by atoms with E-state index in [2.05, 4.69) is 43.5 Å². The molecule has 0 amide bonds. The first kappa shape index (κ1) is 21.2. The van der Waals surface area contributed by atoms with Crippen LogP contribution in [-0.4, -0.2) is 58.1 Å². The van der Waals surface area contributed by atoms with Crippen molar-refractivity contribution in [2.75, 3.05) is 38.5 Å². The second kappa shape index (κ2) is 10.8. The standard InChI is InChI=1S/C21H32N8/c1-16-6-5-9-24-18(16)14-29(13-4-3-8-22)15-19-27-20-17(25-12-11-23-2)7-10-26-21(20)28-19/h5-7,9-10,23H,3-4,8,11-15,22H2,1-2H3,(H2,25,26,27,28). The molecule has 3 rings (SSSR count). The first-order chi connectivity index (χ1) is 14.2. The maximum atomic E-state index is 5.69. The average molecular weight is 397 g/mol. The third-order valence-corrected chi connectivity index (χ3v) is 4.92. The number of nitrogens with one attached hydrogen (secondary N) is 3. The van der Waals surface area contributed by atoms with E-state index < -0.39 is 0 Å². The molecular formula is C21H32N8. The van der Waals surface area contributed by atoms with Crippen molar-refractivity contribution >= 4 is 16.9 Å². The molecule has 0 saturated carbocycles. The fourth-order valence-corrected chi connectivity index (χ4v) is 3.30. The fourth-order valence-electron chi connectivity index (χ4n) is 3.30. The molecule has 156 valence electrons.